The van der Waals surface area contributed by atoms with Crippen LogP contribution in [0.1, 0.15) is 37.2 Å². The van der Waals surface area contributed by atoms with Gasteiger partial charge in [0.05, 0.1) is 6.61 Å². The average molecular weight is 224 g/mol. The summed E-state index contributed by atoms with van der Waals surface area (Å²) in [6.07, 6.45) is 3.22. The summed E-state index contributed by atoms with van der Waals surface area (Å²) in [7, 11) is 0. The van der Waals surface area contributed by atoms with E-state index in [0.29, 0.717) is 10.6 Å². The van der Waals surface area contributed by atoms with E-state index in [4.69, 9.17) is 17.0 Å². The molecule has 2 rings (SSSR count). The Bertz CT molecular complexity index is 382. The summed E-state index contributed by atoms with van der Waals surface area (Å²) >= 11 is 5.15. The van der Waals surface area contributed by atoms with Crippen molar-refractivity contribution in [3.63, 3.8) is 0 Å². The van der Waals surface area contributed by atoms with Gasteiger partial charge in [-0.1, -0.05) is 19.1 Å². The molecule has 1 aromatic rings. The van der Waals surface area contributed by atoms with E-state index in [-0.39, 0.29) is 0 Å². The zero-order chi connectivity index (χ0) is 10.7. The number of nitrogens with zero attached hydrogens (tertiary/aromatic N) is 1. The summed E-state index contributed by atoms with van der Waals surface area (Å²) in [5.74, 6) is 1.39. The molecule has 1 atom stereocenters. The molecule has 1 unspecified atom stereocenters. The molecular weight excluding hydrogens is 208 g/mol. The molecule has 0 bridgehead atoms. The van der Waals surface area contributed by atoms with Gasteiger partial charge in [0.2, 0.25) is 0 Å². The maximum atomic E-state index is 5.46. The second kappa shape index (κ2) is 4.86. The molecule has 82 valence electrons. The van der Waals surface area contributed by atoms with E-state index in [1.807, 2.05) is 6.07 Å². The van der Waals surface area contributed by atoms with Gasteiger partial charge in [-0.15, -0.1) is 0 Å². The lowest BCUT2D eigenvalue weighted by molar-refractivity contribution is 0.0779. The van der Waals surface area contributed by atoms with Crippen LogP contribution >= 0.6 is 12.2 Å². The molecule has 2 heterocycles. The van der Waals surface area contributed by atoms with Gasteiger partial charge in [-0.05, 0) is 25.3 Å². The molecule has 0 aliphatic carbocycles. The van der Waals surface area contributed by atoms with Gasteiger partial charge in [0.1, 0.15) is 10.5 Å². The fourth-order valence-corrected chi connectivity index (χ4v) is 2.11. The van der Waals surface area contributed by atoms with Crippen LogP contribution in [0.25, 0.3) is 0 Å². The lowest BCUT2D eigenvalue weighted by Gasteiger charge is -2.21. The molecule has 1 fully saturated rings. The van der Waals surface area contributed by atoms with Crippen LogP contribution in [0.4, 0.5) is 0 Å². The van der Waals surface area contributed by atoms with E-state index in [9.17, 15) is 0 Å². The Kier molecular flexibility index (Phi) is 3.49. The van der Waals surface area contributed by atoms with Crippen LogP contribution in [0.15, 0.2) is 6.07 Å². The first-order valence-electron chi connectivity index (χ1n) is 5.47. The molecule has 0 saturated carbocycles. The summed E-state index contributed by atoms with van der Waals surface area (Å²) in [5, 5.41) is 0. The first-order valence-corrected chi connectivity index (χ1v) is 5.88. The summed E-state index contributed by atoms with van der Waals surface area (Å²) < 4.78 is 6.14. The Morgan fingerprint density at radius 1 is 1.67 bits per heavy atom. The topological polar surface area (TPSA) is 37.9 Å². The quantitative estimate of drug-likeness (QED) is 0.785. The van der Waals surface area contributed by atoms with Crippen molar-refractivity contribution in [1.29, 1.82) is 0 Å². The molecule has 3 nitrogen and oxygen atoms in total. The summed E-state index contributed by atoms with van der Waals surface area (Å²) in [5.41, 5.74) is 1.16. The standard InChI is InChI=1S/C11H16N2OS/c1-2-9-6-10(15)13-11(12-9)8-4-3-5-14-7-8/h6,8H,2-5,7H2,1H3,(H,12,13,15). The van der Waals surface area contributed by atoms with Crippen molar-refractivity contribution in [1.82, 2.24) is 9.97 Å². The Morgan fingerprint density at radius 3 is 3.20 bits per heavy atom. The highest BCUT2D eigenvalue weighted by Crippen LogP contribution is 2.22. The Morgan fingerprint density at radius 2 is 2.53 bits per heavy atom. The number of hydrogen-bond acceptors (Lipinski definition) is 3. The maximum Gasteiger partial charge on any atom is 0.130 e. The second-order valence-electron chi connectivity index (χ2n) is 3.90. The van der Waals surface area contributed by atoms with Crippen molar-refractivity contribution in [3.05, 3.63) is 22.2 Å². The van der Waals surface area contributed by atoms with E-state index in [1.165, 1.54) is 0 Å². The van der Waals surface area contributed by atoms with Gasteiger partial charge in [0, 0.05) is 18.2 Å². The number of H-pyrrole nitrogens is 1. The van der Waals surface area contributed by atoms with Crippen LogP contribution in [0.2, 0.25) is 0 Å². The predicted molar refractivity (Wildman–Crippen MR) is 61.6 cm³/mol. The Hall–Kier alpha value is -0.740. The minimum Gasteiger partial charge on any atom is -0.381 e. The number of hydrogen-bond donors (Lipinski definition) is 1. The highest BCUT2D eigenvalue weighted by atomic mass is 32.1. The van der Waals surface area contributed by atoms with Gasteiger partial charge in [0.25, 0.3) is 0 Å². The SMILES string of the molecule is CCc1cc(=S)nc(C2CCCOC2)[nH]1. The molecule has 1 saturated heterocycles. The smallest absolute Gasteiger partial charge is 0.130 e. The van der Waals surface area contributed by atoms with Crippen molar-refractivity contribution >= 4 is 12.2 Å². The summed E-state index contributed by atoms with van der Waals surface area (Å²) in [6, 6.07) is 1.93. The van der Waals surface area contributed by atoms with E-state index in [2.05, 4.69) is 16.9 Å². The molecule has 1 N–H and O–H groups in total. The van der Waals surface area contributed by atoms with Crippen molar-refractivity contribution in [3.8, 4) is 0 Å². The van der Waals surface area contributed by atoms with Crippen LogP contribution in [0.5, 0.6) is 0 Å². The van der Waals surface area contributed by atoms with Gasteiger partial charge < -0.3 is 9.72 Å². The summed E-state index contributed by atoms with van der Waals surface area (Å²) in [4.78, 5) is 7.73. The van der Waals surface area contributed by atoms with Crippen LogP contribution < -0.4 is 0 Å². The van der Waals surface area contributed by atoms with E-state index < -0.39 is 0 Å². The van der Waals surface area contributed by atoms with E-state index >= 15 is 0 Å². The van der Waals surface area contributed by atoms with Gasteiger partial charge in [-0.2, -0.15) is 0 Å². The number of aromatic nitrogens is 2. The number of nitrogens with one attached hydrogen (secondary N) is 1. The minimum absolute atomic E-state index is 0.395. The monoisotopic (exact) mass is 224 g/mol. The van der Waals surface area contributed by atoms with Gasteiger partial charge in [-0.3, -0.25) is 0 Å². The average Bonchev–Trinajstić information content (AvgIpc) is 2.29. The predicted octanol–water partition coefficient (Wildman–Crippen LogP) is 2.60. The molecule has 0 radical (unpaired) electrons. The fourth-order valence-electron chi connectivity index (χ4n) is 1.87. The molecule has 0 amide bonds. The van der Waals surface area contributed by atoms with Gasteiger partial charge >= 0.3 is 0 Å². The van der Waals surface area contributed by atoms with Crippen LogP contribution in [-0.2, 0) is 11.2 Å². The summed E-state index contributed by atoms with van der Waals surface area (Å²) in [6.45, 7) is 3.76. The van der Waals surface area contributed by atoms with Crippen LogP contribution in [-0.4, -0.2) is 23.2 Å². The van der Waals surface area contributed by atoms with Crippen molar-refractivity contribution in [2.75, 3.05) is 13.2 Å². The second-order valence-corrected chi connectivity index (χ2v) is 4.32. The Balaban J connectivity index is 2.26. The van der Waals surface area contributed by atoms with Crippen molar-refractivity contribution in [2.45, 2.75) is 32.1 Å². The third-order valence-corrected chi connectivity index (χ3v) is 2.95. The number of rotatable bonds is 2. The van der Waals surface area contributed by atoms with Crippen LogP contribution in [0, 0.1) is 4.64 Å². The molecule has 1 aliphatic heterocycles. The van der Waals surface area contributed by atoms with Gasteiger partial charge in [0.15, 0.2) is 0 Å². The van der Waals surface area contributed by atoms with Crippen molar-refractivity contribution in [2.24, 2.45) is 0 Å². The Labute approximate surface area is 94.9 Å². The fraction of sp³-hybridized carbons (Fsp3) is 0.636. The largest absolute Gasteiger partial charge is 0.381 e. The number of aryl methyl sites for hydroxylation is 1. The molecule has 0 aromatic carbocycles. The molecule has 15 heavy (non-hydrogen) atoms. The molecule has 4 heteroatoms. The molecule has 1 aromatic heterocycles. The van der Waals surface area contributed by atoms with E-state index in [0.717, 1.165) is 44.0 Å². The molecule has 0 spiro atoms. The van der Waals surface area contributed by atoms with E-state index in [1.54, 1.807) is 0 Å². The zero-order valence-corrected chi connectivity index (χ0v) is 9.77. The van der Waals surface area contributed by atoms with Gasteiger partial charge in [-0.25, -0.2) is 4.98 Å². The lowest BCUT2D eigenvalue weighted by atomic mass is 10.0. The van der Waals surface area contributed by atoms with Crippen molar-refractivity contribution < 1.29 is 4.74 Å². The molecule has 1 aliphatic rings. The number of aromatic amines is 1. The first kappa shape index (κ1) is 10.8. The first-order chi connectivity index (χ1) is 7.29. The highest BCUT2D eigenvalue weighted by molar-refractivity contribution is 7.71. The maximum absolute atomic E-state index is 5.46. The zero-order valence-electron chi connectivity index (χ0n) is 8.95. The minimum atomic E-state index is 0.395. The number of ether oxygens (including phenoxy) is 1. The van der Waals surface area contributed by atoms with Crippen LogP contribution in [0.3, 0.4) is 0 Å². The highest BCUT2D eigenvalue weighted by Gasteiger charge is 2.18. The third kappa shape index (κ3) is 2.63. The lowest BCUT2D eigenvalue weighted by Crippen LogP contribution is -2.18. The normalized spacial score (nSPS) is 21.5. The third-order valence-electron chi connectivity index (χ3n) is 2.74. The molecular formula is C11H16N2OS.